The Bertz CT molecular complexity index is 321. The van der Waals surface area contributed by atoms with Gasteiger partial charge in [0, 0.05) is 6.21 Å². The van der Waals surface area contributed by atoms with Gasteiger partial charge in [-0.1, -0.05) is 12.2 Å². The van der Waals surface area contributed by atoms with E-state index in [4.69, 9.17) is 0 Å². The molecule has 0 spiro atoms. The Balaban J connectivity index is 2.37. The second kappa shape index (κ2) is 2.89. The van der Waals surface area contributed by atoms with Gasteiger partial charge in [-0.3, -0.25) is 9.79 Å². The van der Waals surface area contributed by atoms with Crippen LogP contribution in [0.3, 0.4) is 0 Å². The number of rotatable bonds is 0. The second-order valence-electron chi connectivity index (χ2n) is 2.85. The zero-order valence-electron chi connectivity index (χ0n) is 6.60. The van der Waals surface area contributed by atoms with Crippen molar-refractivity contribution in [2.24, 2.45) is 10.9 Å². The first-order valence-electron chi connectivity index (χ1n) is 3.99. The molecule has 2 nitrogen and oxygen atoms in total. The van der Waals surface area contributed by atoms with E-state index in [9.17, 15) is 4.79 Å². The molecule has 0 aromatic carbocycles. The van der Waals surface area contributed by atoms with Crippen LogP contribution in [0.4, 0.5) is 0 Å². The van der Waals surface area contributed by atoms with Crippen molar-refractivity contribution in [1.82, 2.24) is 0 Å². The van der Waals surface area contributed by atoms with Crippen LogP contribution in [0.25, 0.3) is 0 Å². The number of carbonyl (C=O) groups is 1. The molecule has 2 heteroatoms. The lowest BCUT2D eigenvalue weighted by molar-refractivity contribution is -0.117. The van der Waals surface area contributed by atoms with E-state index < -0.39 is 0 Å². The van der Waals surface area contributed by atoms with Crippen LogP contribution in [0.2, 0.25) is 0 Å². The minimum absolute atomic E-state index is 0.0370. The van der Waals surface area contributed by atoms with Crippen molar-refractivity contribution >= 4 is 12.0 Å². The highest BCUT2D eigenvalue weighted by molar-refractivity contribution is 5.96. The molecule has 2 rings (SSSR count). The van der Waals surface area contributed by atoms with Crippen LogP contribution in [0, 0.1) is 5.92 Å². The van der Waals surface area contributed by atoms with Gasteiger partial charge in [-0.2, -0.15) is 0 Å². The summed E-state index contributed by atoms with van der Waals surface area (Å²) < 4.78 is 0. The Labute approximate surface area is 71.0 Å². The normalized spacial score (nSPS) is 26.5. The molecule has 0 saturated heterocycles. The molecule has 1 aliphatic heterocycles. The van der Waals surface area contributed by atoms with E-state index in [1.165, 1.54) is 0 Å². The van der Waals surface area contributed by atoms with Gasteiger partial charge in [-0.05, 0) is 24.6 Å². The van der Waals surface area contributed by atoms with Crippen LogP contribution < -0.4 is 0 Å². The summed E-state index contributed by atoms with van der Waals surface area (Å²) >= 11 is 0. The fourth-order valence-electron chi connectivity index (χ4n) is 1.39. The van der Waals surface area contributed by atoms with Crippen molar-refractivity contribution in [1.29, 1.82) is 0 Å². The number of hydrogen-bond acceptors (Lipinski definition) is 2. The van der Waals surface area contributed by atoms with E-state index in [1.807, 2.05) is 18.2 Å². The minimum atomic E-state index is -0.0370. The topological polar surface area (TPSA) is 29.4 Å². The third kappa shape index (κ3) is 1.16. The first-order chi connectivity index (χ1) is 5.88. The largest absolute Gasteiger partial charge is 0.294 e. The third-order valence-electron chi connectivity index (χ3n) is 2.05. The number of nitrogens with zero attached hydrogens (tertiary/aromatic N) is 1. The lowest BCUT2D eigenvalue weighted by Crippen LogP contribution is -2.14. The molecule has 60 valence electrons. The van der Waals surface area contributed by atoms with E-state index in [1.54, 1.807) is 18.4 Å². The van der Waals surface area contributed by atoms with E-state index in [0.717, 1.165) is 12.1 Å². The average molecular weight is 159 g/mol. The highest BCUT2D eigenvalue weighted by atomic mass is 16.1. The molecular weight excluding hydrogens is 150 g/mol. The van der Waals surface area contributed by atoms with Crippen molar-refractivity contribution in [3.63, 3.8) is 0 Å². The van der Waals surface area contributed by atoms with E-state index >= 15 is 0 Å². The van der Waals surface area contributed by atoms with Crippen LogP contribution in [0.5, 0.6) is 0 Å². The molecule has 0 bridgehead atoms. The Hall–Kier alpha value is -1.44. The van der Waals surface area contributed by atoms with Gasteiger partial charge in [0.05, 0.1) is 11.6 Å². The third-order valence-corrected chi connectivity index (χ3v) is 2.05. The number of hydrogen-bond donors (Lipinski definition) is 0. The minimum Gasteiger partial charge on any atom is -0.294 e. The molecule has 0 fully saturated rings. The van der Waals surface area contributed by atoms with E-state index in [-0.39, 0.29) is 11.7 Å². The SMILES string of the molecule is O=C1C=CC=C2N=CC=CCC12. The standard InChI is InChI=1S/C10H9NO/c12-10-6-3-5-9-8(10)4-1-2-7-11-9/h1-3,5-8H,4H2. The van der Waals surface area contributed by atoms with Crippen molar-refractivity contribution in [2.75, 3.05) is 0 Å². The summed E-state index contributed by atoms with van der Waals surface area (Å²) in [5.41, 5.74) is 0.882. The van der Waals surface area contributed by atoms with Crippen molar-refractivity contribution < 1.29 is 4.79 Å². The monoisotopic (exact) mass is 159 g/mol. The van der Waals surface area contributed by atoms with Gasteiger partial charge < -0.3 is 0 Å². The van der Waals surface area contributed by atoms with Crippen LogP contribution in [-0.4, -0.2) is 12.0 Å². The Kier molecular flexibility index (Phi) is 1.74. The number of ketones is 1. The van der Waals surface area contributed by atoms with Crippen LogP contribution in [-0.2, 0) is 4.79 Å². The molecular formula is C10H9NO. The molecule has 0 amide bonds. The molecule has 1 aliphatic carbocycles. The predicted molar refractivity (Wildman–Crippen MR) is 48.0 cm³/mol. The van der Waals surface area contributed by atoms with Gasteiger partial charge in [0.15, 0.2) is 5.78 Å². The summed E-state index contributed by atoms with van der Waals surface area (Å²) in [7, 11) is 0. The maximum atomic E-state index is 11.3. The molecule has 0 aromatic rings. The molecule has 1 unspecified atom stereocenters. The summed E-state index contributed by atoms with van der Waals surface area (Å²) in [6.45, 7) is 0. The molecule has 0 saturated carbocycles. The van der Waals surface area contributed by atoms with Crippen molar-refractivity contribution in [3.05, 3.63) is 36.1 Å². The van der Waals surface area contributed by atoms with Gasteiger partial charge in [-0.25, -0.2) is 0 Å². The molecule has 12 heavy (non-hydrogen) atoms. The van der Waals surface area contributed by atoms with E-state index in [2.05, 4.69) is 4.99 Å². The first kappa shape index (κ1) is 7.22. The van der Waals surface area contributed by atoms with Crippen LogP contribution in [0.15, 0.2) is 41.1 Å². The molecule has 2 aliphatic rings. The summed E-state index contributed by atoms with van der Waals surface area (Å²) in [5, 5.41) is 0. The summed E-state index contributed by atoms with van der Waals surface area (Å²) in [6.07, 6.45) is 11.6. The maximum absolute atomic E-state index is 11.3. The lowest BCUT2D eigenvalue weighted by atomic mass is 9.93. The molecule has 1 heterocycles. The summed E-state index contributed by atoms with van der Waals surface area (Å²) in [4.78, 5) is 15.5. The van der Waals surface area contributed by atoms with Gasteiger partial charge in [0.2, 0.25) is 0 Å². The average Bonchev–Trinajstić information content (AvgIpc) is 2.30. The van der Waals surface area contributed by atoms with E-state index in [0.29, 0.717) is 0 Å². The van der Waals surface area contributed by atoms with Crippen LogP contribution >= 0.6 is 0 Å². The number of carbonyl (C=O) groups excluding carboxylic acids is 1. The zero-order valence-corrected chi connectivity index (χ0v) is 6.60. The Morgan fingerprint density at radius 1 is 1.42 bits per heavy atom. The fourth-order valence-corrected chi connectivity index (χ4v) is 1.39. The van der Waals surface area contributed by atoms with Gasteiger partial charge in [0.1, 0.15) is 0 Å². The fraction of sp³-hybridized carbons (Fsp3) is 0.200. The molecule has 0 radical (unpaired) electrons. The highest BCUT2D eigenvalue weighted by Gasteiger charge is 2.21. The van der Waals surface area contributed by atoms with Gasteiger partial charge >= 0.3 is 0 Å². The van der Waals surface area contributed by atoms with Crippen molar-refractivity contribution in [3.8, 4) is 0 Å². The van der Waals surface area contributed by atoms with Gasteiger partial charge in [0.25, 0.3) is 0 Å². The molecule has 0 aromatic heterocycles. The Morgan fingerprint density at radius 2 is 2.33 bits per heavy atom. The smallest absolute Gasteiger partial charge is 0.165 e. The van der Waals surface area contributed by atoms with Crippen molar-refractivity contribution in [2.45, 2.75) is 6.42 Å². The first-order valence-corrected chi connectivity index (χ1v) is 3.99. The lowest BCUT2D eigenvalue weighted by Gasteiger charge is -2.13. The highest BCUT2D eigenvalue weighted by Crippen LogP contribution is 2.23. The second-order valence-corrected chi connectivity index (χ2v) is 2.85. The predicted octanol–water partition coefficient (Wildman–Crippen LogP) is 1.66. The van der Waals surface area contributed by atoms with Gasteiger partial charge in [-0.15, -0.1) is 0 Å². The molecule has 1 atom stereocenters. The summed E-state index contributed by atoms with van der Waals surface area (Å²) in [5.74, 6) is 0.126. The molecule has 0 N–H and O–H groups in total. The Morgan fingerprint density at radius 3 is 3.25 bits per heavy atom. The number of fused-ring (bicyclic) bond motifs is 1. The number of aliphatic imine (C=N–C) groups is 1. The zero-order chi connectivity index (χ0) is 8.39. The maximum Gasteiger partial charge on any atom is 0.165 e. The summed E-state index contributed by atoms with van der Waals surface area (Å²) in [6, 6.07) is 0. The quantitative estimate of drug-likeness (QED) is 0.528. The number of allylic oxidation sites excluding steroid dienone is 6. The van der Waals surface area contributed by atoms with Crippen LogP contribution in [0.1, 0.15) is 6.42 Å².